The van der Waals surface area contributed by atoms with Crippen molar-refractivity contribution in [2.45, 2.75) is 19.8 Å². The van der Waals surface area contributed by atoms with Crippen molar-refractivity contribution in [3.63, 3.8) is 0 Å². The number of hydrogen-bond donors (Lipinski definition) is 1. The molecule has 1 aromatic heterocycles. The third kappa shape index (κ3) is 3.90. The van der Waals surface area contributed by atoms with E-state index in [-0.39, 0.29) is 0 Å². The van der Waals surface area contributed by atoms with Crippen molar-refractivity contribution >= 4 is 5.82 Å². The third-order valence-corrected chi connectivity index (χ3v) is 1.73. The molecule has 3 nitrogen and oxygen atoms in total. The summed E-state index contributed by atoms with van der Waals surface area (Å²) in [5.41, 5.74) is 6.72. The van der Waals surface area contributed by atoms with Gasteiger partial charge in [0.2, 0.25) is 0 Å². The number of nitrogens with two attached hydrogens (primary N) is 1. The topological polar surface area (TPSA) is 48.1 Å². The number of nitrogen functional groups attached to an aromatic ring is 1. The van der Waals surface area contributed by atoms with Gasteiger partial charge in [-0.05, 0) is 30.5 Å². The number of anilines is 1. The Labute approximate surface area is 78.9 Å². The summed E-state index contributed by atoms with van der Waals surface area (Å²) in [5, 5.41) is 0. The van der Waals surface area contributed by atoms with E-state index in [1.807, 2.05) is 12.1 Å². The number of pyridine rings is 1. The number of rotatable bonds is 5. The van der Waals surface area contributed by atoms with Gasteiger partial charge in [-0.1, -0.05) is 6.92 Å². The minimum Gasteiger partial charge on any atom is -0.384 e. The highest BCUT2D eigenvalue weighted by molar-refractivity contribution is 5.31. The second-order valence-electron chi connectivity index (χ2n) is 2.95. The van der Waals surface area contributed by atoms with Gasteiger partial charge in [0, 0.05) is 12.8 Å². The minimum atomic E-state index is 0.577. The van der Waals surface area contributed by atoms with Crippen molar-refractivity contribution in [3.8, 4) is 0 Å². The molecular weight excluding hydrogens is 164 g/mol. The van der Waals surface area contributed by atoms with Crippen LogP contribution in [0.2, 0.25) is 0 Å². The molecule has 0 bridgehead atoms. The Hall–Kier alpha value is -1.09. The normalized spacial score (nSPS) is 10.2. The summed E-state index contributed by atoms with van der Waals surface area (Å²) in [6.45, 7) is 3.70. The number of nitrogens with zero attached hydrogens (tertiary/aromatic N) is 1. The number of aromatic nitrogens is 1. The molecular formula is C10H16N2O. The highest BCUT2D eigenvalue weighted by atomic mass is 16.5. The summed E-state index contributed by atoms with van der Waals surface area (Å²) in [5.74, 6) is 0.577. The van der Waals surface area contributed by atoms with Crippen molar-refractivity contribution in [2.75, 3.05) is 18.9 Å². The zero-order chi connectivity index (χ0) is 9.52. The van der Waals surface area contributed by atoms with E-state index < -0.39 is 0 Å². The maximum absolute atomic E-state index is 5.54. The average Bonchev–Trinajstić information content (AvgIpc) is 2.13. The van der Waals surface area contributed by atoms with Crippen molar-refractivity contribution in [1.29, 1.82) is 0 Å². The molecule has 1 rings (SSSR count). The quantitative estimate of drug-likeness (QED) is 0.701. The monoisotopic (exact) mass is 180 g/mol. The van der Waals surface area contributed by atoms with E-state index in [2.05, 4.69) is 11.9 Å². The van der Waals surface area contributed by atoms with Gasteiger partial charge < -0.3 is 10.5 Å². The van der Waals surface area contributed by atoms with Gasteiger partial charge in [-0.3, -0.25) is 0 Å². The summed E-state index contributed by atoms with van der Waals surface area (Å²) in [6, 6.07) is 3.85. The fourth-order valence-corrected chi connectivity index (χ4v) is 1.09. The molecule has 3 heteroatoms. The van der Waals surface area contributed by atoms with Gasteiger partial charge in [-0.15, -0.1) is 0 Å². The van der Waals surface area contributed by atoms with Crippen LogP contribution in [0.3, 0.4) is 0 Å². The molecule has 0 radical (unpaired) electrons. The Bertz CT molecular complexity index is 250. The van der Waals surface area contributed by atoms with Crippen LogP contribution in [0, 0.1) is 0 Å². The predicted molar refractivity (Wildman–Crippen MR) is 53.5 cm³/mol. The lowest BCUT2D eigenvalue weighted by atomic mass is 10.2. The van der Waals surface area contributed by atoms with Crippen LogP contribution in [0.25, 0.3) is 0 Å². The summed E-state index contributed by atoms with van der Waals surface area (Å²) in [6.07, 6.45) is 3.70. The molecule has 1 aromatic rings. The Morgan fingerprint density at radius 1 is 1.46 bits per heavy atom. The summed E-state index contributed by atoms with van der Waals surface area (Å²) >= 11 is 0. The van der Waals surface area contributed by atoms with E-state index in [1.54, 1.807) is 6.20 Å². The fraction of sp³-hybridized carbons (Fsp3) is 0.500. The molecule has 72 valence electrons. The van der Waals surface area contributed by atoms with Gasteiger partial charge in [-0.25, -0.2) is 4.98 Å². The predicted octanol–water partition coefficient (Wildman–Crippen LogP) is 1.63. The van der Waals surface area contributed by atoms with E-state index in [4.69, 9.17) is 10.5 Å². The smallest absolute Gasteiger partial charge is 0.123 e. The molecule has 0 saturated heterocycles. The fourth-order valence-electron chi connectivity index (χ4n) is 1.09. The molecule has 0 saturated carbocycles. The largest absolute Gasteiger partial charge is 0.384 e. The van der Waals surface area contributed by atoms with E-state index in [0.29, 0.717) is 5.82 Å². The average molecular weight is 180 g/mol. The van der Waals surface area contributed by atoms with Crippen molar-refractivity contribution in [3.05, 3.63) is 23.9 Å². The van der Waals surface area contributed by atoms with Gasteiger partial charge >= 0.3 is 0 Å². The van der Waals surface area contributed by atoms with Crippen LogP contribution in [0.1, 0.15) is 18.9 Å². The minimum absolute atomic E-state index is 0.577. The molecule has 2 N–H and O–H groups in total. The van der Waals surface area contributed by atoms with Crippen LogP contribution in [0.15, 0.2) is 18.3 Å². The maximum Gasteiger partial charge on any atom is 0.123 e. The van der Waals surface area contributed by atoms with Crippen molar-refractivity contribution in [2.24, 2.45) is 0 Å². The molecule has 0 aromatic carbocycles. The zero-order valence-corrected chi connectivity index (χ0v) is 7.99. The molecule has 13 heavy (non-hydrogen) atoms. The molecule has 1 heterocycles. The molecule has 0 fully saturated rings. The lowest BCUT2D eigenvalue weighted by Crippen LogP contribution is -2.00. The van der Waals surface area contributed by atoms with Gasteiger partial charge in [-0.2, -0.15) is 0 Å². The first-order valence-corrected chi connectivity index (χ1v) is 4.61. The first-order valence-electron chi connectivity index (χ1n) is 4.61. The van der Waals surface area contributed by atoms with E-state index >= 15 is 0 Å². The highest BCUT2D eigenvalue weighted by Gasteiger charge is 1.94. The van der Waals surface area contributed by atoms with E-state index in [1.165, 1.54) is 5.56 Å². The molecule has 0 spiro atoms. The number of ether oxygens (including phenoxy) is 1. The van der Waals surface area contributed by atoms with Crippen LogP contribution in [0.4, 0.5) is 5.82 Å². The van der Waals surface area contributed by atoms with Crippen LogP contribution in [0.5, 0.6) is 0 Å². The van der Waals surface area contributed by atoms with Gasteiger partial charge in [0.15, 0.2) is 0 Å². The molecule has 0 aliphatic carbocycles. The molecule has 0 aliphatic heterocycles. The lowest BCUT2D eigenvalue weighted by Gasteiger charge is -2.02. The Balaban J connectivity index is 2.28. The SMILES string of the molecule is CCCOCCc1ccnc(N)c1. The molecule has 0 unspecified atom stereocenters. The second kappa shape index (κ2) is 5.54. The van der Waals surface area contributed by atoms with Crippen LogP contribution >= 0.6 is 0 Å². The lowest BCUT2D eigenvalue weighted by molar-refractivity contribution is 0.138. The standard InChI is InChI=1S/C10H16N2O/c1-2-6-13-7-4-9-3-5-12-10(11)8-9/h3,5,8H,2,4,6-7H2,1H3,(H2,11,12). The van der Waals surface area contributed by atoms with E-state index in [0.717, 1.165) is 26.1 Å². The van der Waals surface area contributed by atoms with Crippen molar-refractivity contribution in [1.82, 2.24) is 4.98 Å². The Morgan fingerprint density at radius 3 is 3.00 bits per heavy atom. The van der Waals surface area contributed by atoms with Crippen LogP contribution in [-0.4, -0.2) is 18.2 Å². The van der Waals surface area contributed by atoms with Crippen LogP contribution < -0.4 is 5.73 Å². The third-order valence-electron chi connectivity index (χ3n) is 1.73. The summed E-state index contributed by atoms with van der Waals surface area (Å²) < 4.78 is 5.37. The summed E-state index contributed by atoms with van der Waals surface area (Å²) in [4.78, 5) is 3.92. The van der Waals surface area contributed by atoms with Gasteiger partial charge in [0.1, 0.15) is 5.82 Å². The summed E-state index contributed by atoms with van der Waals surface area (Å²) in [7, 11) is 0. The second-order valence-corrected chi connectivity index (χ2v) is 2.95. The van der Waals surface area contributed by atoms with Gasteiger partial charge in [0.25, 0.3) is 0 Å². The van der Waals surface area contributed by atoms with Gasteiger partial charge in [0.05, 0.1) is 6.61 Å². The highest BCUT2D eigenvalue weighted by Crippen LogP contribution is 2.03. The first kappa shape index (κ1) is 9.99. The van der Waals surface area contributed by atoms with E-state index in [9.17, 15) is 0 Å². The molecule has 0 aliphatic rings. The Kier molecular flexibility index (Phi) is 4.26. The first-order chi connectivity index (χ1) is 6.33. The maximum atomic E-state index is 5.54. The number of hydrogen-bond acceptors (Lipinski definition) is 3. The zero-order valence-electron chi connectivity index (χ0n) is 7.99. The molecule has 0 amide bonds. The molecule has 0 atom stereocenters. The van der Waals surface area contributed by atoms with Crippen LogP contribution in [-0.2, 0) is 11.2 Å². The van der Waals surface area contributed by atoms with Crippen molar-refractivity contribution < 1.29 is 4.74 Å². The Morgan fingerprint density at radius 2 is 2.31 bits per heavy atom.